The van der Waals surface area contributed by atoms with Gasteiger partial charge in [0.25, 0.3) is 0 Å². The minimum absolute atomic E-state index is 0.185. The standard InChI is InChI=1S/C11H17NO3/c1-11(2,3)15-10(13)7-9-5-4-6-12(14)8-9/h4-5,8,14H,6-7H2,1-3H3. The van der Waals surface area contributed by atoms with Crippen LogP contribution in [0.1, 0.15) is 27.2 Å². The normalized spacial score (nSPS) is 16.3. The Morgan fingerprint density at radius 3 is 2.80 bits per heavy atom. The smallest absolute Gasteiger partial charge is 0.310 e. The van der Waals surface area contributed by atoms with Crippen LogP contribution in [0.4, 0.5) is 0 Å². The summed E-state index contributed by atoms with van der Waals surface area (Å²) in [7, 11) is 0. The Bertz CT molecular complexity index is 299. The van der Waals surface area contributed by atoms with Crippen LogP contribution in [0, 0.1) is 0 Å². The van der Waals surface area contributed by atoms with Gasteiger partial charge >= 0.3 is 5.97 Å². The zero-order valence-corrected chi connectivity index (χ0v) is 9.36. The maximum absolute atomic E-state index is 11.4. The summed E-state index contributed by atoms with van der Waals surface area (Å²) in [5.41, 5.74) is 0.285. The molecule has 0 atom stereocenters. The summed E-state index contributed by atoms with van der Waals surface area (Å²) in [6.45, 7) is 5.94. The fourth-order valence-electron chi connectivity index (χ4n) is 1.25. The van der Waals surface area contributed by atoms with Crippen molar-refractivity contribution < 1.29 is 14.7 Å². The van der Waals surface area contributed by atoms with Crippen molar-refractivity contribution in [2.75, 3.05) is 6.54 Å². The Balaban J connectivity index is 2.48. The molecular formula is C11H17NO3. The van der Waals surface area contributed by atoms with Crippen molar-refractivity contribution in [2.24, 2.45) is 0 Å². The summed E-state index contributed by atoms with van der Waals surface area (Å²) < 4.78 is 5.16. The van der Waals surface area contributed by atoms with Gasteiger partial charge in [0.2, 0.25) is 0 Å². The van der Waals surface area contributed by atoms with E-state index in [2.05, 4.69) is 0 Å². The molecule has 0 spiro atoms. The Labute approximate surface area is 89.8 Å². The molecule has 0 amide bonds. The van der Waals surface area contributed by atoms with Crippen molar-refractivity contribution in [1.29, 1.82) is 0 Å². The highest BCUT2D eigenvalue weighted by atomic mass is 16.6. The van der Waals surface area contributed by atoms with E-state index in [1.165, 1.54) is 6.20 Å². The molecule has 0 aromatic carbocycles. The van der Waals surface area contributed by atoms with Crippen LogP contribution >= 0.6 is 0 Å². The first kappa shape index (κ1) is 11.8. The summed E-state index contributed by atoms with van der Waals surface area (Å²) in [5, 5.41) is 10.2. The summed E-state index contributed by atoms with van der Waals surface area (Å²) >= 11 is 0. The topological polar surface area (TPSA) is 49.8 Å². The Morgan fingerprint density at radius 2 is 2.27 bits per heavy atom. The van der Waals surface area contributed by atoms with Crippen molar-refractivity contribution >= 4 is 5.97 Å². The molecule has 4 nitrogen and oxygen atoms in total. The molecule has 0 unspecified atom stereocenters. The third-order valence-electron chi connectivity index (χ3n) is 1.71. The molecule has 0 saturated carbocycles. The minimum Gasteiger partial charge on any atom is -0.460 e. The third-order valence-corrected chi connectivity index (χ3v) is 1.71. The van der Waals surface area contributed by atoms with Gasteiger partial charge in [-0.15, -0.1) is 0 Å². The quantitative estimate of drug-likeness (QED) is 0.708. The van der Waals surface area contributed by atoms with Crippen LogP contribution < -0.4 is 0 Å². The molecule has 15 heavy (non-hydrogen) atoms. The molecule has 0 aromatic heterocycles. The number of nitrogens with zero attached hydrogens (tertiary/aromatic N) is 1. The van der Waals surface area contributed by atoms with Gasteiger partial charge in [0, 0.05) is 6.20 Å². The molecule has 0 bridgehead atoms. The summed E-state index contributed by atoms with van der Waals surface area (Å²) in [4.78, 5) is 11.4. The second-order valence-electron chi connectivity index (χ2n) is 4.49. The first-order chi connectivity index (χ1) is 6.87. The fraction of sp³-hybridized carbons (Fsp3) is 0.545. The predicted molar refractivity (Wildman–Crippen MR) is 56.2 cm³/mol. The van der Waals surface area contributed by atoms with Crippen LogP contribution in [0.5, 0.6) is 0 Å². The van der Waals surface area contributed by atoms with Crippen LogP contribution in [0.25, 0.3) is 0 Å². The number of rotatable bonds is 2. The number of hydrogen-bond acceptors (Lipinski definition) is 4. The first-order valence-electron chi connectivity index (χ1n) is 4.91. The highest BCUT2D eigenvalue weighted by molar-refractivity contribution is 5.73. The number of carbonyl (C=O) groups excluding carboxylic acids is 1. The molecule has 1 heterocycles. The largest absolute Gasteiger partial charge is 0.460 e. The van der Waals surface area contributed by atoms with Crippen molar-refractivity contribution in [1.82, 2.24) is 5.06 Å². The number of allylic oxidation sites excluding steroid dienone is 1. The van der Waals surface area contributed by atoms with Gasteiger partial charge in [-0.1, -0.05) is 12.2 Å². The zero-order valence-electron chi connectivity index (χ0n) is 9.36. The zero-order chi connectivity index (χ0) is 11.5. The summed E-state index contributed by atoms with van der Waals surface area (Å²) in [6.07, 6.45) is 5.32. The van der Waals surface area contributed by atoms with Crippen LogP contribution in [0.3, 0.4) is 0 Å². The van der Waals surface area contributed by atoms with Gasteiger partial charge in [-0.2, -0.15) is 0 Å². The molecule has 1 N–H and O–H groups in total. The Kier molecular flexibility index (Phi) is 3.52. The number of hydroxylamine groups is 2. The monoisotopic (exact) mass is 211 g/mol. The van der Waals surface area contributed by atoms with E-state index in [4.69, 9.17) is 4.74 Å². The van der Waals surface area contributed by atoms with Gasteiger partial charge in [-0.05, 0) is 26.3 Å². The third kappa shape index (κ3) is 4.65. The second-order valence-corrected chi connectivity index (χ2v) is 4.49. The molecule has 0 fully saturated rings. The highest BCUT2D eigenvalue weighted by Crippen LogP contribution is 2.14. The lowest BCUT2D eigenvalue weighted by molar-refractivity contribution is -0.153. The summed E-state index contributed by atoms with van der Waals surface area (Å²) in [5.74, 6) is -0.284. The van der Waals surface area contributed by atoms with Gasteiger partial charge in [-0.3, -0.25) is 15.1 Å². The number of hydrogen-bond donors (Lipinski definition) is 1. The second kappa shape index (κ2) is 4.49. The van der Waals surface area contributed by atoms with Crippen molar-refractivity contribution in [3.63, 3.8) is 0 Å². The van der Waals surface area contributed by atoms with Gasteiger partial charge in [-0.25, -0.2) is 0 Å². The Morgan fingerprint density at radius 1 is 1.60 bits per heavy atom. The van der Waals surface area contributed by atoms with E-state index in [1.54, 1.807) is 6.08 Å². The number of esters is 1. The van der Waals surface area contributed by atoms with Crippen molar-refractivity contribution in [3.8, 4) is 0 Å². The fourth-order valence-corrected chi connectivity index (χ4v) is 1.25. The molecule has 1 rings (SSSR count). The average molecular weight is 211 g/mol. The van der Waals surface area contributed by atoms with E-state index >= 15 is 0 Å². The van der Waals surface area contributed by atoms with Gasteiger partial charge in [0.15, 0.2) is 0 Å². The molecule has 1 aliphatic heterocycles. The highest BCUT2D eigenvalue weighted by Gasteiger charge is 2.17. The number of ether oxygens (including phenoxy) is 1. The lowest BCUT2D eigenvalue weighted by Crippen LogP contribution is -2.24. The minimum atomic E-state index is -0.463. The maximum atomic E-state index is 11.4. The molecule has 0 aliphatic carbocycles. The van der Waals surface area contributed by atoms with Gasteiger partial charge in [0.1, 0.15) is 5.60 Å². The van der Waals surface area contributed by atoms with Crippen molar-refractivity contribution in [2.45, 2.75) is 32.8 Å². The van der Waals surface area contributed by atoms with Crippen molar-refractivity contribution in [3.05, 3.63) is 23.9 Å². The maximum Gasteiger partial charge on any atom is 0.310 e. The van der Waals surface area contributed by atoms with Crippen LogP contribution in [-0.2, 0) is 9.53 Å². The van der Waals surface area contributed by atoms with Gasteiger partial charge in [0.05, 0.1) is 13.0 Å². The molecule has 0 aromatic rings. The first-order valence-corrected chi connectivity index (χ1v) is 4.91. The number of carbonyl (C=O) groups is 1. The molecule has 4 heteroatoms. The molecule has 0 radical (unpaired) electrons. The van der Waals surface area contributed by atoms with Gasteiger partial charge < -0.3 is 4.74 Å². The van der Waals surface area contributed by atoms with Crippen LogP contribution in [-0.4, -0.2) is 28.4 Å². The summed E-state index contributed by atoms with van der Waals surface area (Å²) in [6, 6.07) is 0. The predicted octanol–water partition coefficient (Wildman–Crippen LogP) is 1.86. The molecule has 84 valence electrons. The molecule has 1 aliphatic rings. The van der Waals surface area contributed by atoms with E-state index in [0.29, 0.717) is 6.54 Å². The average Bonchev–Trinajstić information content (AvgIpc) is 1.99. The van der Waals surface area contributed by atoms with Crippen LogP contribution in [0.2, 0.25) is 0 Å². The van der Waals surface area contributed by atoms with E-state index in [9.17, 15) is 10.0 Å². The SMILES string of the molecule is CC(C)(C)OC(=O)CC1=CN(O)CC=C1. The lowest BCUT2D eigenvalue weighted by atomic mass is 10.1. The Hall–Kier alpha value is -1.29. The molecular weight excluding hydrogens is 194 g/mol. The van der Waals surface area contributed by atoms with E-state index in [1.807, 2.05) is 26.8 Å². The van der Waals surface area contributed by atoms with E-state index < -0.39 is 5.60 Å². The van der Waals surface area contributed by atoms with E-state index in [0.717, 1.165) is 10.6 Å². The molecule has 0 saturated heterocycles. The van der Waals surface area contributed by atoms with E-state index in [-0.39, 0.29) is 12.4 Å². The lowest BCUT2D eigenvalue weighted by Gasteiger charge is -2.20. The van der Waals surface area contributed by atoms with Crippen LogP contribution in [0.15, 0.2) is 23.9 Å².